The van der Waals surface area contributed by atoms with Crippen molar-refractivity contribution in [2.24, 2.45) is 11.8 Å². The van der Waals surface area contributed by atoms with Crippen LogP contribution in [0.25, 0.3) is 0 Å². The molecule has 0 bridgehead atoms. The average molecular weight is 171 g/mol. The van der Waals surface area contributed by atoms with Crippen LogP contribution in [-0.4, -0.2) is 24.2 Å². The van der Waals surface area contributed by atoms with Gasteiger partial charge in [0, 0.05) is 0 Å². The molecule has 1 saturated heterocycles. The van der Waals surface area contributed by atoms with Crippen molar-refractivity contribution in [3.8, 4) is 0 Å². The molecule has 3 nitrogen and oxygen atoms in total. The van der Waals surface area contributed by atoms with Gasteiger partial charge in [0.1, 0.15) is 0 Å². The molecule has 0 aromatic carbocycles. The van der Waals surface area contributed by atoms with Crippen LogP contribution in [0.15, 0.2) is 0 Å². The van der Waals surface area contributed by atoms with Crippen LogP contribution in [0.3, 0.4) is 0 Å². The van der Waals surface area contributed by atoms with E-state index in [0.717, 1.165) is 32.4 Å². The fraction of sp³-hybridized carbons (Fsp3) is 0.889. The molecule has 0 aromatic heterocycles. The maximum absolute atomic E-state index is 10.8. The topological polar surface area (TPSA) is 49.3 Å². The predicted octanol–water partition coefficient (Wildman–Crippen LogP) is 1.10. The Morgan fingerprint density at radius 2 is 2.42 bits per heavy atom. The maximum Gasteiger partial charge on any atom is 0.306 e. The van der Waals surface area contributed by atoms with Gasteiger partial charge in [-0.3, -0.25) is 4.79 Å². The second kappa shape index (κ2) is 4.45. The van der Waals surface area contributed by atoms with Crippen LogP contribution >= 0.6 is 0 Å². The first-order chi connectivity index (χ1) is 5.75. The van der Waals surface area contributed by atoms with E-state index in [2.05, 4.69) is 12.2 Å². The van der Waals surface area contributed by atoms with Crippen molar-refractivity contribution in [3.63, 3.8) is 0 Å². The molecule has 0 aromatic rings. The van der Waals surface area contributed by atoms with Gasteiger partial charge >= 0.3 is 5.97 Å². The van der Waals surface area contributed by atoms with Gasteiger partial charge < -0.3 is 10.4 Å². The van der Waals surface area contributed by atoms with Crippen molar-refractivity contribution < 1.29 is 9.90 Å². The van der Waals surface area contributed by atoms with E-state index >= 15 is 0 Å². The van der Waals surface area contributed by atoms with E-state index in [-0.39, 0.29) is 5.92 Å². The van der Waals surface area contributed by atoms with E-state index < -0.39 is 5.97 Å². The smallest absolute Gasteiger partial charge is 0.306 e. The van der Waals surface area contributed by atoms with Crippen LogP contribution in [0, 0.1) is 11.8 Å². The molecular weight excluding hydrogens is 154 g/mol. The number of rotatable bonds is 3. The number of carboxylic acids is 1. The number of carboxylic acid groups (broad SMARTS) is 1. The monoisotopic (exact) mass is 171 g/mol. The zero-order valence-electron chi connectivity index (χ0n) is 7.55. The highest BCUT2D eigenvalue weighted by molar-refractivity contribution is 5.70. The second-order valence-electron chi connectivity index (χ2n) is 3.49. The molecule has 0 aliphatic carbocycles. The summed E-state index contributed by atoms with van der Waals surface area (Å²) in [4.78, 5) is 10.8. The van der Waals surface area contributed by atoms with Crippen molar-refractivity contribution >= 4 is 5.97 Å². The van der Waals surface area contributed by atoms with Gasteiger partial charge in [0.05, 0.1) is 5.92 Å². The van der Waals surface area contributed by atoms with E-state index in [9.17, 15) is 4.79 Å². The third-order valence-corrected chi connectivity index (χ3v) is 2.58. The Bertz CT molecular complexity index is 157. The van der Waals surface area contributed by atoms with Crippen molar-refractivity contribution in [3.05, 3.63) is 0 Å². The standard InChI is InChI=1S/C9H17NO2/c1-2-3-7-6-10-5-4-8(7)9(11)12/h7-8,10H,2-6H2,1H3,(H,11,12). The van der Waals surface area contributed by atoms with Crippen molar-refractivity contribution in [2.75, 3.05) is 13.1 Å². The summed E-state index contributed by atoms with van der Waals surface area (Å²) in [6.07, 6.45) is 2.90. The summed E-state index contributed by atoms with van der Waals surface area (Å²) in [5.74, 6) is -0.373. The summed E-state index contributed by atoms with van der Waals surface area (Å²) in [6.45, 7) is 3.84. The highest BCUT2D eigenvalue weighted by Gasteiger charge is 2.29. The van der Waals surface area contributed by atoms with E-state index in [1.54, 1.807) is 0 Å². The van der Waals surface area contributed by atoms with E-state index in [4.69, 9.17) is 5.11 Å². The fourth-order valence-corrected chi connectivity index (χ4v) is 1.92. The number of hydrogen-bond acceptors (Lipinski definition) is 2. The van der Waals surface area contributed by atoms with Crippen molar-refractivity contribution in [2.45, 2.75) is 26.2 Å². The average Bonchev–Trinajstić information content (AvgIpc) is 2.05. The molecule has 1 aliphatic heterocycles. The summed E-state index contributed by atoms with van der Waals surface area (Å²) in [7, 11) is 0. The van der Waals surface area contributed by atoms with Gasteiger partial charge in [0.25, 0.3) is 0 Å². The van der Waals surface area contributed by atoms with Gasteiger partial charge in [-0.1, -0.05) is 13.3 Å². The van der Waals surface area contributed by atoms with Crippen LogP contribution in [0.1, 0.15) is 26.2 Å². The van der Waals surface area contributed by atoms with Crippen LogP contribution in [-0.2, 0) is 4.79 Å². The summed E-state index contributed by atoms with van der Waals surface area (Å²) in [5, 5.41) is 12.1. The highest BCUT2D eigenvalue weighted by atomic mass is 16.4. The van der Waals surface area contributed by atoms with E-state index in [0.29, 0.717) is 5.92 Å². The minimum Gasteiger partial charge on any atom is -0.481 e. The first kappa shape index (κ1) is 9.52. The van der Waals surface area contributed by atoms with Gasteiger partial charge in [0.2, 0.25) is 0 Å². The van der Waals surface area contributed by atoms with Gasteiger partial charge in [-0.15, -0.1) is 0 Å². The highest BCUT2D eigenvalue weighted by Crippen LogP contribution is 2.23. The Morgan fingerprint density at radius 3 is 3.00 bits per heavy atom. The van der Waals surface area contributed by atoms with Crippen LogP contribution in [0.4, 0.5) is 0 Å². The predicted molar refractivity (Wildman–Crippen MR) is 47.0 cm³/mol. The lowest BCUT2D eigenvalue weighted by Crippen LogP contribution is -2.40. The first-order valence-electron chi connectivity index (χ1n) is 4.69. The van der Waals surface area contributed by atoms with Gasteiger partial charge in [0.15, 0.2) is 0 Å². The number of hydrogen-bond donors (Lipinski definition) is 2. The van der Waals surface area contributed by atoms with E-state index in [1.165, 1.54) is 0 Å². The molecule has 1 rings (SSSR count). The summed E-state index contributed by atoms with van der Waals surface area (Å²) < 4.78 is 0. The molecule has 2 unspecified atom stereocenters. The Morgan fingerprint density at radius 1 is 1.67 bits per heavy atom. The maximum atomic E-state index is 10.8. The Labute approximate surface area is 73.2 Å². The normalized spacial score (nSPS) is 30.1. The number of nitrogens with one attached hydrogen (secondary N) is 1. The van der Waals surface area contributed by atoms with Gasteiger partial charge in [-0.05, 0) is 31.8 Å². The number of aliphatic carboxylic acids is 1. The third kappa shape index (κ3) is 2.21. The molecule has 1 heterocycles. The quantitative estimate of drug-likeness (QED) is 0.668. The Kier molecular flexibility index (Phi) is 3.53. The molecule has 0 radical (unpaired) electrons. The first-order valence-corrected chi connectivity index (χ1v) is 4.69. The Balaban J connectivity index is 2.48. The molecule has 0 saturated carbocycles. The third-order valence-electron chi connectivity index (χ3n) is 2.58. The summed E-state index contributed by atoms with van der Waals surface area (Å²) in [6, 6.07) is 0. The molecule has 1 fully saturated rings. The molecule has 2 atom stereocenters. The zero-order chi connectivity index (χ0) is 8.97. The second-order valence-corrected chi connectivity index (χ2v) is 3.49. The summed E-state index contributed by atoms with van der Waals surface area (Å²) >= 11 is 0. The van der Waals surface area contributed by atoms with Crippen molar-refractivity contribution in [1.29, 1.82) is 0 Å². The molecular formula is C9H17NO2. The molecule has 3 heteroatoms. The van der Waals surface area contributed by atoms with Crippen LogP contribution in [0.5, 0.6) is 0 Å². The van der Waals surface area contributed by atoms with Crippen LogP contribution in [0.2, 0.25) is 0 Å². The lowest BCUT2D eigenvalue weighted by molar-refractivity contribution is -0.144. The largest absolute Gasteiger partial charge is 0.481 e. The molecule has 0 spiro atoms. The fourth-order valence-electron chi connectivity index (χ4n) is 1.92. The zero-order valence-corrected chi connectivity index (χ0v) is 7.55. The van der Waals surface area contributed by atoms with Crippen molar-refractivity contribution in [1.82, 2.24) is 5.32 Å². The lowest BCUT2D eigenvalue weighted by atomic mass is 9.84. The molecule has 1 aliphatic rings. The minimum atomic E-state index is -0.616. The van der Waals surface area contributed by atoms with E-state index in [1.807, 2.05) is 0 Å². The lowest BCUT2D eigenvalue weighted by Gasteiger charge is -2.28. The van der Waals surface area contributed by atoms with Crippen LogP contribution < -0.4 is 5.32 Å². The number of piperidine rings is 1. The minimum absolute atomic E-state index is 0.105. The molecule has 12 heavy (non-hydrogen) atoms. The van der Waals surface area contributed by atoms with Gasteiger partial charge in [-0.25, -0.2) is 0 Å². The molecule has 2 N–H and O–H groups in total. The molecule has 70 valence electrons. The molecule has 0 amide bonds. The summed E-state index contributed by atoms with van der Waals surface area (Å²) in [5.41, 5.74) is 0. The van der Waals surface area contributed by atoms with Gasteiger partial charge in [-0.2, -0.15) is 0 Å². The number of carbonyl (C=O) groups is 1. The SMILES string of the molecule is CCCC1CNCCC1C(=O)O. The Hall–Kier alpha value is -0.570.